The van der Waals surface area contributed by atoms with Gasteiger partial charge in [0.05, 0.1) is 36.8 Å². The lowest BCUT2D eigenvalue weighted by Gasteiger charge is -2.39. The number of aliphatic hydroxyl groups is 1. The van der Waals surface area contributed by atoms with Crippen LogP contribution in [0.3, 0.4) is 0 Å². The van der Waals surface area contributed by atoms with E-state index in [-0.39, 0.29) is 23.4 Å². The molecule has 0 bridgehead atoms. The number of hydrogen-bond donors (Lipinski definition) is 1. The molecule has 4 rings (SSSR count). The fraction of sp³-hybridized carbons (Fsp3) is 0.417. The van der Waals surface area contributed by atoms with E-state index in [0.717, 1.165) is 22.3 Å². The number of hydrogen-bond acceptors (Lipinski definition) is 9. The van der Waals surface area contributed by atoms with Crippen molar-refractivity contribution < 1.29 is 32.7 Å². The molecule has 2 aromatic carbocycles. The fourth-order valence-corrected chi connectivity index (χ4v) is 5.03. The number of rotatable bonds is 8. The van der Waals surface area contributed by atoms with Crippen molar-refractivity contribution in [2.45, 2.75) is 36.7 Å². The third kappa shape index (κ3) is 5.81. The lowest BCUT2D eigenvalue weighted by atomic mass is 9.88. The largest absolute Gasteiger partial charge is 0.493 e. The third-order valence-corrected chi connectivity index (χ3v) is 7.56. The van der Waals surface area contributed by atoms with Crippen LogP contribution in [0.1, 0.15) is 24.8 Å². The maximum atomic E-state index is 12.4. The van der Waals surface area contributed by atoms with Gasteiger partial charge in [-0.05, 0) is 38.0 Å². The molecule has 1 saturated heterocycles. The van der Waals surface area contributed by atoms with Crippen molar-refractivity contribution in [2.24, 2.45) is 0 Å². The highest BCUT2D eigenvalue weighted by Gasteiger charge is 2.33. The molecule has 0 saturated carbocycles. The third-order valence-electron chi connectivity index (χ3n) is 6.23. The molecular weight excluding hydrogens is 474 g/mol. The normalized spacial score (nSPS) is 15.5. The first kappa shape index (κ1) is 26.6. The molecule has 190 valence electrons. The van der Waals surface area contributed by atoms with Crippen molar-refractivity contribution in [2.75, 3.05) is 38.8 Å². The Hall–Kier alpha value is -2.99. The van der Waals surface area contributed by atoms with E-state index in [4.69, 9.17) is 13.7 Å². The van der Waals surface area contributed by atoms with Crippen LogP contribution in [0.4, 0.5) is 5.82 Å². The number of anilines is 1. The zero-order valence-electron chi connectivity index (χ0n) is 20.0. The van der Waals surface area contributed by atoms with E-state index in [2.05, 4.69) is 14.9 Å². The topological polar surface area (TPSA) is 143 Å². The smallest absolute Gasteiger partial charge is 0.296 e. The molecule has 0 atom stereocenters. The molecule has 3 N–H and O–H groups in total. The van der Waals surface area contributed by atoms with Gasteiger partial charge in [0.1, 0.15) is 12.1 Å². The first-order valence-electron chi connectivity index (χ1n) is 11.0. The molecule has 0 radical (unpaired) electrons. The molecule has 11 heteroatoms. The Morgan fingerprint density at radius 1 is 1.03 bits per heavy atom. The van der Waals surface area contributed by atoms with Crippen LogP contribution >= 0.6 is 0 Å². The average molecular weight is 506 g/mol. The molecule has 1 aromatic heterocycles. The van der Waals surface area contributed by atoms with Gasteiger partial charge in [0.15, 0.2) is 11.5 Å². The van der Waals surface area contributed by atoms with Crippen LogP contribution < -0.4 is 14.4 Å². The van der Waals surface area contributed by atoms with Crippen molar-refractivity contribution in [1.82, 2.24) is 9.97 Å². The van der Waals surface area contributed by atoms with Crippen molar-refractivity contribution in [1.29, 1.82) is 0 Å². The molecule has 10 nitrogen and oxygen atoms in total. The second-order valence-corrected chi connectivity index (χ2v) is 10.1. The van der Waals surface area contributed by atoms with E-state index in [9.17, 15) is 13.5 Å². The summed E-state index contributed by atoms with van der Waals surface area (Å²) in [5.41, 5.74) is 0.690. The summed E-state index contributed by atoms with van der Waals surface area (Å²) in [6.45, 7) is 2.92. The van der Waals surface area contributed by atoms with Gasteiger partial charge < -0.3 is 25.0 Å². The van der Waals surface area contributed by atoms with Crippen LogP contribution in [-0.4, -0.2) is 68.5 Å². The fourth-order valence-electron chi connectivity index (χ4n) is 4.12. The zero-order chi connectivity index (χ0) is 24.3. The predicted octanol–water partition coefficient (Wildman–Crippen LogP) is 2.26. The number of nitrogens with zero attached hydrogens (tertiary/aromatic N) is 3. The molecule has 3 aromatic rings. The lowest BCUT2D eigenvalue weighted by molar-refractivity contribution is -0.00205. The van der Waals surface area contributed by atoms with Crippen molar-refractivity contribution in [3.05, 3.63) is 48.3 Å². The first-order chi connectivity index (χ1) is 16.2. The van der Waals surface area contributed by atoms with Gasteiger partial charge in [-0.1, -0.05) is 17.7 Å². The van der Waals surface area contributed by atoms with Crippen molar-refractivity contribution in [3.8, 4) is 11.5 Å². The van der Waals surface area contributed by atoms with Gasteiger partial charge in [-0.2, -0.15) is 8.42 Å². The minimum absolute atomic E-state index is 0. The number of aromatic nitrogens is 2. The van der Waals surface area contributed by atoms with Crippen molar-refractivity contribution in [3.63, 3.8) is 0 Å². The Morgan fingerprint density at radius 3 is 2.29 bits per heavy atom. The quantitative estimate of drug-likeness (QED) is 0.456. The molecule has 0 spiro atoms. The van der Waals surface area contributed by atoms with Crippen LogP contribution in [-0.2, 0) is 14.3 Å². The van der Waals surface area contributed by atoms with Gasteiger partial charge in [-0.25, -0.2) is 9.97 Å². The molecule has 0 amide bonds. The van der Waals surface area contributed by atoms with Gasteiger partial charge in [-0.3, -0.25) is 4.18 Å². The molecule has 1 fully saturated rings. The van der Waals surface area contributed by atoms with Gasteiger partial charge in [0.2, 0.25) is 0 Å². The van der Waals surface area contributed by atoms with Crippen LogP contribution in [0.2, 0.25) is 0 Å². The first-order valence-corrected chi connectivity index (χ1v) is 12.5. The summed E-state index contributed by atoms with van der Waals surface area (Å²) >= 11 is 0. The highest BCUT2D eigenvalue weighted by Crippen LogP contribution is 2.36. The summed E-state index contributed by atoms with van der Waals surface area (Å²) < 4.78 is 40.8. The van der Waals surface area contributed by atoms with Crippen molar-refractivity contribution >= 4 is 26.8 Å². The second-order valence-electron chi connectivity index (χ2n) is 8.47. The number of benzene rings is 2. The van der Waals surface area contributed by atoms with E-state index in [1.54, 1.807) is 26.4 Å². The van der Waals surface area contributed by atoms with Gasteiger partial charge in [0, 0.05) is 31.0 Å². The Bertz CT molecular complexity index is 1260. The molecule has 2 heterocycles. The SMILES string of the molecule is COc1cc2ncnc(N3CCC(O)(CCOS(=O)(=O)c4ccc(C)cc4)CC3)c2cc1OC.O. The standard InChI is InChI=1S/C24H29N3O6S.H2O/c1-17-4-6-18(7-5-17)34(29,30)33-13-10-24(28)8-11-27(12-9-24)23-19-14-21(31-2)22(32-3)15-20(19)25-16-26-23;/h4-7,14-16,28H,8-13H2,1-3H3;1H2. The number of aryl methyl sites for hydroxylation is 1. The minimum Gasteiger partial charge on any atom is -0.493 e. The molecule has 0 unspecified atom stereocenters. The predicted molar refractivity (Wildman–Crippen MR) is 132 cm³/mol. The highest BCUT2D eigenvalue weighted by atomic mass is 32.2. The zero-order valence-corrected chi connectivity index (χ0v) is 20.8. The van der Waals surface area contributed by atoms with E-state index in [1.807, 2.05) is 19.1 Å². The lowest BCUT2D eigenvalue weighted by Crippen LogP contribution is -2.45. The Morgan fingerprint density at radius 2 is 1.66 bits per heavy atom. The van der Waals surface area contributed by atoms with Crippen LogP contribution in [0.25, 0.3) is 10.9 Å². The maximum Gasteiger partial charge on any atom is 0.296 e. The number of fused-ring (bicyclic) bond motifs is 1. The summed E-state index contributed by atoms with van der Waals surface area (Å²) in [4.78, 5) is 11.0. The Balaban J connectivity index is 0.00000342. The molecular formula is C24H31N3O7S. The number of methoxy groups -OCH3 is 2. The Kier molecular flexibility index (Phi) is 8.16. The minimum atomic E-state index is -3.86. The summed E-state index contributed by atoms with van der Waals surface area (Å²) in [5, 5.41) is 11.9. The number of piperidine rings is 1. The number of ether oxygens (including phenoxy) is 2. The maximum absolute atomic E-state index is 12.4. The monoisotopic (exact) mass is 505 g/mol. The summed E-state index contributed by atoms with van der Waals surface area (Å²) in [5.74, 6) is 1.94. The molecule has 0 aliphatic carbocycles. The van der Waals surface area contributed by atoms with E-state index in [1.165, 1.54) is 18.5 Å². The van der Waals surface area contributed by atoms with Gasteiger partial charge >= 0.3 is 0 Å². The van der Waals surface area contributed by atoms with Crippen LogP contribution in [0.15, 0.2) is 47.6 Å². The second kappa shape index (κ2) is 10.7. The summed E-state index contributed by atoms with van der Waals surface area (Å²) in [6.07, 6.45) is 2.65. The average Bonchev–Trinajstić information content (AvgIpc) is 2.83. The van der Waals surface area contributed by atoms with E-state index < -0.39 is 15.7 Å². The van der Waals surface area contributed by atoms with Crippen LogP contribution in [0, 0.1) is 6.92 Å². The molecule has 1 aliphatic rings. The Labute approximate surface area is 204 Å². The van der Waals surface area contributed by atoms with Gasteiger partial charge in [0.25, 0.3) is 10.1 Å². The molecule has 1 aliphatic heterocycles. The molecule has 35 heavy (non-hydrogen) atoms. The van der Waals surface area contributed by atoms with E-state index in [0.29, 0.717) is 37.4 Å². The van der Waals surface area contributed by atoms with Crippen LogP contribution in [0.5, 0.6) is 11.5 Å². The highest BCUT2D eigenvalue weighted by molar-refractivity contribution is 7.86. The summed E-state index contributed by atoms with van der Waals surface area (Å²) in [7, 11) is -0.701. The van der Waals surface area contributed by atoms with E-state index >= 15 is 0 Å². The van der Waals surface area contributed by atoms with Gasteiger partial charge in [-0.15, -0.1) is 0 Å². The summed E-state index contributed by atoms with van der Waals surface area (Å²) in [6, 6.07) is 10.2.